The van der Waals surface area contributed by atoms with Crippen molar-refractivity contribution in [3.05, 3.63) is 70.2 Å². The van der Waals surface area contributed by atoms with Gasteiger partial charge in [-0.2, -0.15) is 0 Å². The molecule has 1 aliphatic heterocycles. The first kappa shape index (κ1) is 19.3. The van der Waals surface area contributed by atoms with E-state index in [1.54, 1.807) is 0 Å². The number of nitrogens with one attached hydrogen (secondary N) is 1. The van der Waals surface area contributed by atoms with E-state index in [1.165, 1.54) is 16.8 Å². The van der Waals surface area contributed by atoms with Crippen LogP contribution in [0.4, 0.5) is 0 Å². The normalized spacial score (nSPS) is 22.1. The summed E-state index contributed by atoms with van der Waals surface area (Å²) in [5, 5.41) is 0.758. The molecule has 0 saturated carbocycles. The maximum atomic E-state index is 6.35. The summed E-state index contributed by atoms with van der Waals surface area (Å²) in [4.78, 5) is 20.2. The Morgan fingerprint density at radius 1 is 1.13 bits per heavy atom. The molecule has 5 nitrogen and oxygen atoms in total. The lowest BCUT2D eigenvalue weighted by atomic mass is 9.94. The molecular weight excluding hydrogens is 394 g/mol. The van der Waals surface area contributed by atoms with Crippen molar-refractivity contribution in [1.82, 2.24) is 24.8 Å². The van der Waals surface area contributed by atoms with E-state index in [4.69, 9.17) is 16.6 Å². The second-order valence-electron chi connectivity index (χ2n) is 8.52. The van der Waals surface area contributed by atoms with Gasteiger partial charge in [0.2, 0.25) is 0 Å². The van der Waals surface area contributed by atoms with E-state index in [0.29, 0.717) is 5.92 Å². The van der Waals surface area contributed by atoms with Crippen LogP contribution in [-0.2, 0) is 0 Å². The Hall–Kier alpha value is -2.66. The number of aryl methyl sites for hydroxylation is 1. The third-order valence-corrected chi connectivity index (χ3v) is 6.86. The topological polar surface area (TPSA) is 57.7 Å². The number of halogens is 1. The molecule has 0 bridgehead atoms. The molecule has 1 aliphatic carbocycles. The summed E-state index contributed by atoms with van der Waals surface area (Å²) >= 11 is 6.35. The Kier molecular flexibility index (Phi) is 4.86. The first-order chi connectivity index (χ1) is 14.5. The maximum Gasteiger partial charge on any atom is 0.157 e. The first-order valence-electron chi connectivity index (χ1n) is 10.6. The van der Waals surface area contributed by atoms with Crippen LogP contribution in [0, 0.1) is 12.8 Å². The van der Waals surface area contributed by atoms with Gasteiger partial charge in [0.15, 0.2) is 5.82 Å². The van der Waals surface area contributed by atoms with Gasteiger partial charge in [-0.1, -0.05) is 24.1 Å². The van der Waals surface area contributed by atoms with Gasteiger partial charge < -0.3 is 9.88 Å². The number of aromatic amines is 1. The smallest absolute Gasteiger partial charge is 0.157 e. The molecular formula is C24H26ClN5. The van der Waals surface area contributed by atoms with Crippen LogP contribution in [0.3, 0.4) is 0 Å². The number of allylic oxidation sites excluding steroid dienone is 3. The minimum Gasteiger partial charge on any atom is -0.361 e. The van der Waals surface area contributed by atoms with Crippen LogP contribution in [0.25, 0.3) is 16.6 Å². The third kappa shape index (κ3) is 3.21. The molecule has 1 saturated heterocycles. The van der Waals surface area contributed by atoms with Crippen LogP contribution in [0.1, 0.15) is 56.4 Å². The summed E-state index contributed by atoms with van der Waals surface area (Å²) in [6.07, 6.45) is 9.12. The van der Waals surface area contributed by atoms with Crippen molar-refractivity contribution >= 4 is 28.2 Å². The average Bonchev–Trinajstić information content (AvgIpc) is 3.35. The summed E-state index contributed by atoms with van der Waals surface area (Å²) in [5.41, 5.74) is 6.91. The van der Waals surface area contributed by atoms with E-state index in [0.717, 1.165) is 59.1 Å². The van der Waals surface area contributed by atoms with E-state index in [-0.39, 0.29) is 6.04 Å². The van der Waals surface area contributed by atoms with Crippen molar-refractivity contribution in [2.75, 3.05) is 6.54 Å². The number of benzene rings is 1. The second kappa shape index (κ2) is 7.55. The van der Waals surface area contributed by atoms with Crippen LogP contribution in [0.5, 0.6) is 0 Å². The summed E-state index contributed by atoms with van der Waals surface area (Å²) in [6, 6.07) is 6.03. The molecule has 0 spiro atoms. The molecule has 6 heteroatoms. The number of hydrogen-bond acceptors (Lipinski definition) is 4. The van der Waals surface area contributed by atoms with Gasteiger partial charge in [-0.15, -0.1) is 0 Å². The zero-order chi connectivity index (χ0) is 20.8. The molecule has 2 atom stereocenters. The minimum absolute atomic E-state index is 0.187. The maximum absolute atomic E-state index is 6.35. The van der Waals surface area contributed by atoms with Crippen LogP contribution < -0.4 is 0 Å². The monoisotopic (exact) mass is 419 g/mol. The fourth-order valence-electron chi connectivity index (χ4n) is 4.76. The molecule has 0 amide bonds. The Labute approximate surface area is 181 Å². The van der Waals surface area contributed by atoms with Crippen molar-refractivity contribution in [2.24, 2.45) is 5.92 Å². The fraction of sp³-hybridized carbons (Fsp3) is 0.375. The highest BCUT2D eigenvalue weighted by Gasteiger charge is 2.37. The summed E-state index contributed by atoms with van der Waals surface area (Å²) in [6.45, 7) is 7.56. The van der Waals surface area contributed by atoms with E-state index < -0.39 is 0 Å². The highest BCUT2D eigenvalue weighted by molar-refractivity contribution is 6.32. The molecule has 3 aromatic rings. The van der Waals surface area contributed by atoms with Crippen molar-refractivity contribution in [2.45, 2.75) is 46.1 Å². The van der Waals surface area contributed by atoms with Crippen molar-refractivity contribution in [3.8, 4) is 0 Å². The average molecular weight is 420 g/mol. The van der Waals surface area contributed by atoms with Gasteiger partial charge in [-0.3, -0.25) is 0 Å². The summed E-state index contributed by atoms with van der Waals surface area (Å²) < 4.78 is 0. The lowest BCUT2D eigenvalue weighted by Crippen LogP contribution is -2.27. The number of likely N-dealkylation sites (tertiary alicyclic amines) is 1. The number of hydrogen-bond donors (Lipinski definition) is 1. The fourth-order valence-corrected chi connectivity index (χ4v) is 4.91. The van der Waals surface area contributed by atoms with Gasteiger partial charge in [0.1, 0.15) is 5.82 Å². The minimum atomic E-state index is 0.187. The first-order valence-corrected chi connectivity index (χ1v) is 11.0. The molecule has 0 radical (unpaired) electrons. The van der Waals surface area contributed by atoms with Gasteiger partial charge in [0.05, 0.1) is 17.1 Å². The molecule has 1 N–H and O–H groups in total. The third-order valence-electron chi connectivity index (χ3n) is 6.45. The molecule has 1 fully saturated rings. The van der Waals surface area contributed by atoms with Crippen molar-refractivity contribution in [1.29, 1.82) is 0 Å². The largest absolute Gasteiger partial charge is 0.361 e. The number of H-pyrrole nitrogens is 1. The van der Waals surface area contributed by atoms with Crippen LogP contribution in [0.15, 0.2) is 47.9 Å². The molecule has 2 aliphatic rings. The lowest BCUT2D eigenvalue weighted by Gasteiger charge is -2.32. The number of nitrogens with zero attached hydrogens (tertiary/aromatic N) is 4. The molecule has 30 heavy (non-hydrogen) atoms. The van der Waals surface area contributed by atoms with E-state index in [1.807, 2.05) is 37.5 Å². The van der Waals surface area contributed by atoms with Crippen LogP contribution >= 0.6 is 11.6 Å². The Bertz CT molecular complexity index is 1160. The predicted molar refractivity (Wildman–Crippen MR) is 121 cm³/mol. The van der Waals surface area contributed by atoms with Gasteiger partial charge in [-0.05, 0) is 68.9 Å². The molecule has 5 rings (SSSR count). The number of aromatic nitrogens is 4. The predicted octanol–water partition coefficient (Wildman–Crippen LogP) is 5.85. The lowest BCUT2D eigenvalue weighted by molar-refractivity contribution is 0.291. The number of imidazole rings is 1. The van der Waals surface area contributed by atoms with E-state index in [2.05, 4.69) is 39.8 Å². The summed E-state index contributed by atoms with van der Waals surface area (Å²) in [7, 11) is 0. The van der Waals surface area contributed by atoms with Crippen LogP contribution in [0.2, 0.25) is 5.02 Å². The summed E-state index contributed by atoms with van der Waals surface area (Å²) in [5.74, 6) is 2.34. The Balaban J connectivity index is 1.63. The van der Waals surface area contributed by atoms with Gasteiger partial charge >= 0.3 is 0 Å². The highest BCUT2D eigenvalue weighted by Crippen LogP contribution is 2.43. The molecule has 2 aromatic heterocycles. The number of rotatable bonds is 3. The Morgan fingerprint density at radius 2 is 1.93 bits per heavy atom. The molecule has 154 valence electrons. The van der Waals surface area contributed by atoms with Gasteiger partial charge in [0, 0.05) is 35.2 Å². The molecule has 0 unspecified atom stereocenters. The van der Waals surface area contributed by atoms with Gasteiger partial charge in [0.25, 0.3) is 0 Å². The van der Waals surface area contributed by atoms with Crippen molar-refractivity contribution < 1.29 is 0 Å². The standard InChI is InChI=1S/C24H26ClN5/c1-14-5-6-17(23-26-10-4-11-27-23)20(13-14)30-12-9-15(2)22(30)24-28-19-8-7-18(25)16(3)21(19)29-24/h4,7-8,10-11,13,15,22H,5-6,9,12H2,1-3H3,(H,28,29)/t15-,22-/m0/s1. The molecule has 1 aromatic carbocycles. The zero-order valence-electron chi connectivity index (χ0n) is 17.6. The van der Waals surface area contributed by atoms with Crippen LogP contribution in [-0.4, -0.2) is 31.4 Å². The quantitative estimate of drug-likeness (QED) is 0.578. The van der Waals surface area contributed by atoms with E-state index >= 15 is 0 Å². The molecule has 3 heterocycles. The highest BCUT2D eigenvalue weighted by atomic mass is 35.5. The second-order valence-corrected chi connectivity index (χ2v) is 8.93. The Morgan fingerprint density at radius 3 is 2.73 bits per heavy atom. The van der Waals surface area contributed by atoms with E-state index in [9.17, 15) is 0 Å². The number of fused-ring (bicyclic) bond motifs is 1. The van der Waals surface area contributed by atoms with Crippen molar-refractivity contribution in [3.63, 3.8) is 0 Å². The van der Waals surface area contributed by atoms with Gasteiger partial charge in [-0.25, -0.2) is 15.0 Å². The SMILES string of the molecule is CC1=CC(N2CC[C@H](C)[C@H]2c2nc3c(C)c(Cl)ccc3[nH]2)=C(c2ncccn2)CC1. The zero-order valence-corrected chi connectivity index (χ0v) is 18.4.